The van der Waals surface area contributed by atoms with Gasteiger partial charge in [0.25, 0.3) is 0 Å². The van der Waals surface area contributed by atoms with Gasteiger partial charge in [0, 0.05) is 17.1 Å². The van der Waals surface area contributed by atoms with Gasteiger partial charge in [-0.2, -0.15) is 0 Å². The Morgan fingerprint density at radius 2 is 2.05 bits per heavy atom. The molecule has 3 rings (SSSR count). The topological polar surface area (TPSA) is 23.5 Å². The van der Waals surface area contributed by atoms with E-state index in [1.165, 1.54) is 16.1 Å². The van der Waals surface area contributed by atoms with Crippen LogP contribution in [-0.2, 0) is 6.42 Å². The first kappa shape index (κ1) is 13.7. The Kier molecular flexibility index (Phi) is 3.81. The molecule has 0 amide bonds. The summed E-state index contributed by atoms with van der Waals surface area (Å²) in [4.78, 5) is 3.99. The zero-order valence-electron chi connectivity index (χ0n) is 12.0. The number of aliphatic hydroxyl groups excluding tert-OH is 1. The molecule has 0 spiro atoms. The highest BCUT2D eigenvalue weighted by atomic mass is 32.1. The summed E-state index contributed by atoms with van der Waals surface area (Å²) in [6.45, 7) is 5.35. The van der Waals surface area contributed by atoms with E-state index in [4.69, 9.17) is 0 Å². The minimum absolute atomic E-state index is 0.341. The summed E-state index contributed by atoms with van der Waals surface area (Å²) >= 11 is 1.88. The average Bonchev–Trinajstić information content (AvgIpc) is 2.96. The molecule has 2 aromatic rings. The number of fused-ring (bicyclic) bond motifs is 1. The van der Waals surface area contributed by atoms with Gasteiger partial charge in [0.1, 0.15) is 0 Å². The molecule has 1 aromatic heterocycles. The lowest BCUT2D eigenvalue weighted by Crippen LogP contribution is -2.33. The molecule has 0 aliphatic carbocycles. The Balaban J connectivity index is 1.83. The molecule has 3 heteroatoms. The lowest BCUT2D eigenvalue weighted by Gasteiger charge is -2.35. The number of aliphatic hydroxyl groups is 1. The average molecular weight is 287 g/mol. The van der Waals surface area contributed by atoms with Crippen molar-refractivity contribution >= 4 is 17.0 Å². The fourth-order valence-electron chi connectivity index (χ4n) is 2.99. The number of hydrogen-bond acceptors (Lipinski definition) is 3. The molecule has 106 valence electrons. The van der Waals surface area contributed by atoms with Crippen LogP contribution in [0.3, 0.4) is 0 Å². The number of hydrogen-bond donors (Lipinski definition) is 1. The highest BCUT2D eigenvalue weighted by Gasteiger charge is 2.24. The van der Waals surface area contributed by atoms with Gasteiger partial charge in [-0.25, -0.2) is 0 Å². The number of benzene rings is 1. The zero-order chi connectivity index (χ0) is 14.1. The lowest BCUT2D eigenvalue weighted by molar-refractivity contribution is 0.173. The maximum Gasteiger partial charge on any atom is 0.0787 e. The third-order valence-electron chi connectivity index (χ3n) is 4.27. The first-order valence-corrected chi connectivity index (χ1v) is 8.19. The summed E-state index contributed by atoms with van der Waals surface area (Å²) in [6.07, 6.45) is 1.56. The van der Waals surface area contributed by atoms with E-state index in [9.17, 15) is 5.11 Å². The molecule has 0 radical (unpaired) electrons. The van der Waals surface area contributed by atoms with Crippen LogP contribution < -0.4 is 4.90 Å². The van der Waals surface area contributed by atoms with E-state index in [-0.39, 0.29) is 6.10 Å². The van der Waals surface area contributed by atoms with Gasteiger partial charge in [0.05, 0.1) is 12.1 Å². The van der Waals surface area contributed by atoms with E-state index < -0.39 is 0 Å². The molecule has 1 aliphatic heterocycles. The molecular weight excluding hydrogens is 266 g/mol. The van der Waals surface area contributed by atoms with Gasteiger partial charge in [0.15, 0.2) is 0 Å². The fourth-order valence-corrected chi connectivity index (χ4v) is 3.95. The largest absolute Gasteiger partial charge is 0.388 e. The monoisotopic (exact) mass is 287 g/mol. The van der Waals surface area contributed by atoms with Crippen LogP contribution in [0.5, 0.6) is 0 Å². The third kappa shape index (κ3) is 2.36. The molecule has 1 aromatic carbocycles. The van der Waals surface area contributed by atoms with Crippen molar-refractivity contribution < 1.29 is 5.11 Å². The summed E-state index contributed by atoms with van der Waals surface area (Å²) < 4.78 is 0. The van der Waals surface area contributed by atoms with Crippen molar-refractivity contribution in [3.63, 3.8) is 0 Å². The predicted octanol–water partition coefficient (Wildman–Crippen LogP) is 4.32. The predicted molar refractivity (Wildman–Crippen MR) is 85.5 cm³/mol. The fraction of sp³-hybridized carbons (Fsp3) is 0.412. The van der Waals surface area contributed by atoms with Gasteiger partial charge in [0.2, 0.25) is 0 Å². The molecule has 0 fully saturated rings. The molecule has 1 N–H and O–H groups in total. The molecule has 1 aliphatic rings. The standard InChI is InChI=1S/C17H21NOS/c1-3-16(19)13-4-6-14(7-5-13)18-10-8-17-15(12(18)2)9-11-20-17/h4-7,9,11-12,16,19H,3,8,10H2,1-2H3/t12?,16-/m1/s1. The quantitative estimate of drug-likeness (QED) is 0.909. The van der Waals surface area contributed by atoms with Gasteiger partial charge < -0.3 is 10.0 Å². The van der Waals surface area contributed by atoms with E-state index >= 15 is 0 Å². The molecule has 0 saturated heterocycles. The minimum atomic E-state index is -0.341. The van der Waals surface area contributed by atoms with Crippen molar-refractivity contribution in [2.24, 2.45) is 0 Å². The van der Waals surface area contributed by atoms with Crippen LogP contribution in [0.25, 0.3) is 0 Å². The van der Waals surface area contributed by atoms with Crippen LogP contribution in [0.1, 0.15) is 48.4 Å². The van der Waals surface area contributed by atoms with E-state index in [1.54, 1.807) is 0 Å². The van der Waals surface area contributed by atoms with Crippen LogP contribution in [0.15, 0.2) is 35.7 Å². The van der Waals surface area contributed by atoms with Crippen molar-refractivity contribution in [3.8, 4) is 0 Å². The maximum absolute atomic E-state index is 9.87. The molecule has 0 saturated carbocycles. The van der Waals surface area contributed by atoms with Gasteiger partial charge in [-0.05, 0) is 54.5 Å². The van der Waals surface area contributed by atoms with Crippen LogP contribution in [0.2, 0.25) is 0 Å². The van der Waals surface area contributed by atoms with Gasteiger partial charge >= 0.3 is 0 Å². The van der Waals surface area contributed by atoms with Crippen LogP contribution in [-0.4, -0.2) is 11.7 Å². The Morgan fingerprint density at radius 3 is 2.75 bits per heavy atom. The number of anilines is 1. The third-order valence-corrected chi connectivity index (χ3v) is 5.27. The molecule has 2 nitrogen and oxygen atoms in total. The number of rotatable bonds is 3. The van der Waals surface area contributed by atoms with Crippen LogP contribution in [0.4, 0.5) is 5.69 Å². The normalized spacial score (nSPS) is 19.8. The Morgan fingerprint density at radius 1 is 1.30 bits per heavy atom. The Labute approximate surface area is 124 Å². The second-order valence-corrected chi connectivity index (χ2v) is 6.43. The smallest absolute Gasteiger partial charge is 0.0787 e. The van der Waals surface area contributed by atoms with Crippen molar-refractivity contribution in [2.45, 2.75) is 38.8 Å². The van der Waals surface area contributed by atoms with Crippen molar-refractivity contribution in [3.05, 3.63) is 51.7 Å². The molecule has 20 heavy (non-hydrogen) atoms. The lowest BCUT2D eigenvalue weighted by atomic mass is 10.00. The second kappa shape index (κ2) is 5.58. The first-order chi connectivity index (χ1) is 9.70. The highest BCUT2D eigenvalue weighted by molar-refractivity contribution is 7.10. The first-order valence-electron chi connectivity index (χ1n) is 7.31. The van der Waals surface area contributed by atoms with Crippen LogP contribution >= 0.6 is 11.3 Å². The van der Waals surface area contributed by atoms with Gasteiger partial charge in [-0.1, -0.05) is 19.1 Å². The van der Waals surface area contributed by atoms with Crippen molar-refractivity contribution in [1.29, 1.82) is 0 Å². The summed E-state index contributed by atoms with van der Waals surface area (Å²) in [7, 11) is 0. The summed E-state index contributed by atoms with van der Waals surface area (Å²) in [5.41, 5.74) is 3.73. The zero-order valence-corrected chi connectivity index (χ0v) is 12.9. The van der Waals surface area contributed by atoms with E-state index in [1.807, 2.05) is 18.3 Å². The number of nitrogens with zero attached hydrogens (tertiary/aromatic N) is 1. The SMILES string of the molecule is CC[C@@H](O)c1ccc(N2CCc3sccc3C2C)cc1. The summed E-state index contributed by atoms with van der Waals surface area (Å²) in [5.74, 6) is 0. The van der Waals surface area contributed by atoms with Gasteiger partial charge in [-0.3, -0.25) is 0 Å². The highest BCUT2D eigenvalue weighted by Crippen LogP contribution is 2.36. The number of thiophene rings is 1. The Hall–Kier alpha value is -1.32. The van der Waals surface area contributed by atoms with Crippen molar-refractivity contribution in [2.75, 3.05) is 11.4 Å². The molecular formula is C17H21NOS. The molecule has 2 heterocycles. The van der Waals surface area contributed by atoms with Gasteiger partial charge in [-0.15, -0.1) is 11.3 Å². The van der Waals surface area contributed by atoms with E-state index in [0.29, 0.717) is 6.04 Å². The molecule has 1 unspecified atom stereocenters. The van der Waals surface area contributed by atoms with E-state index in [2.05, 4.69) is 47.5 Å². The summed E-state index contributed by atoms with van der Waals surface area (Å²) in [5, 5.41) is 12.1. The van der Waals surface area contributed by atoms with Crippen LogP contribution in [0, 0.1) is 0 Å². The maximum atomic E-state index is 9.87. The molecule has 0 bridgehead atoms. The molecule has 2 atom stereocenters. The minimum Gasteiger partial charge on any atom is -0.388 e. The Bertz CT molecular complexity index is 575. The van der Waals surface area contributed by atoms with E-state index in [0.717, 1.165) is 24.9 Å². The van der Waals surface area contributed by atoms with Crippen molar-refractivity contribution in [1.82, 2.24) is 0 Å². The summed E-state index contributed by atoms with van der Waals surface area (Å²) in [6, 6.07) is 11.1. The second-order valence-electron chi connectivity index (χ2n) is 5.43.